The largest absolute Gasteiger partial charge is 0.352 e. The first-order valence-electron chi connectivity index (χ1n) is 5.56. The van der Waals surface area contributed by atoms with Gasteiger partial charge in [0.1, 0.15) is 0 Å². The van der Waals surface area contributed by atoms with E-state index in [0.717, 1.165) is 12.8 Å². The summed E-state index contributed by atoms with van der Waals surface area (Å²) in [6.07, 6.45) is 6.12. The molecule has 3 heteroatoms. The number of hydrogen-bond acceptors (Lipinski definition) is 2. The summed E-state index contributed by atoms with van der Waals surface area (Å²) in [5, 5.41) is 6.13. The van der Waals surface area contributed by atoms with Crippen molar-refractivity contribution in [2.75, 3.05) is 7.05 Å². The lowest BCUT2D eigenvalue weighted by Gasteiger charge is -2.28. The SMILES string of the molecule is CNC(C)(C)C(=O)NC1CCCCC1. The van der Waals surface area contributed by atoms with Gasteiger partial charge in [0, 0.05) is 6.04 Å². The van der Waals surface area contributed by atoms with Gasteiger partial charge in [-0.1, -0.05) is 19.3 Å². The van der Waals surface area contributed by atoms with E-state index in [1.165, 1.54) is 19.3 Å². The second kappa shape index (κ2) is 4.78. The van der Waals surface area contributed by atoms with Crippen LogP contribution in [0, 0.1) is 0 Å². The molecule has 0 saturated heterocycles. The molecule has 14 heavy (non-hydrogen) atoms. The molecule has 2 N–H and O–H groups in total. The van der Waals surface area contributed by atoms with E-state index in [9.17, 15) is 4.79 Å². The lowest BCUT2D eigenvalue weighted by atomic mass is 9.94. The number of amides is 1. The minimum Gasteiger partial charge on any atom is -0.352 e. The summed E-state index contributed by atoms with van der Waals surface area (Å²) in [6, 6.07) is 0.406. The monoisotopic (exact) mass is 198 g/mol. The van der Waals surface area contributed by atoms with Crippen molar-refractivity contribution in [2.45, 2.75) is 57.5 Å². The predicted octanol–water partition coefficient (Wildman–Crippen LogP) is 1.43. The van der Waals surface area contributed by atoms with E-state index in [1.807, 2.05) is 20.9 Å². The molecule has 1 amide bonds. The highest BCUT2D eigenvalue weighted by molar-refractivity contribution is 5.85. The molecule has 0 aliphatic heterocycles. The Bertz CT molecular complexity index is 195. The Labute approximate surface area is 86.6 Å². The zero-order chi connectivity index (χ0) is 10.6. The van der Waals surface area contributed by atoms with Crippen molar-refractivity contribution in [2.24, 2.45) is 0 Å². The first kappa shape index (κ1) is 11.5. The van der Waals surface area contributed by atoms with Crippen LogP contribution in [0.5, 0.6) is 0 Å². The minimum atomic E-state index is -0.447. The van der Waals surface area contributed by atoms with E-state index in [1.54, 1.807) is 0 Å². The van der Waals surface area contributed by atoms with Crippen molar-refractivity contribution >= 4 is 5.91 Å². The van der Waals surface area contributed by atoms with Crippen LogP contribution in [0.2, 0.25) is 0 Å². The highest BCUT2D eigenvalue weighted by atomic mass is 16.2. The van der Waals surface area contributed by atoms with E-state index in [4.69, 9.17) is 0 Å². The zero-order valence-corrected chi connectivity index (χ0v) is 9.52. The Hall–Kier alpha value is -0.570. The molecule has 0 spiro atoms. The Morgan fingerprint density at radius 1 is 1.21 bits per heavy atom. The van der Waals surface area contributed by atoms with E-state index in [0.29, 0.717) is 6.04 Å². The third kappa shape index (κ3) is 2.98. The second-order valence-electron chi connectivity index (χ2n) is 4.68. The summed E-state index contributed by atoms with van der Waals surface area (Å²) < 4.78 is 0. The third-order valence-electron chi connectivity index (χ3n) is 3.13. The molecule has 0 atom stereocenters. The summed E-state index contributed by atoms with van der Waals surface area (Å²) in [5.74, 6) is 0.118. The fourth-order valence-electron chi connectivity index (χ4n) is 1.73. The molecule has 1 aliphatic rings. The topological polar surface area (TPSA) is 41.1 Å². The summed E-state index contributed by atoms with van der Waals surface area (Å²) in [6.45, 7) is 3.82. The molecule has 0 heterocycles. The van der Waals surface area contributed by atoms with Crippen molar-refractivity contribution < 1.29 is 4.79 Å². The molecule has 1 aliphatic carbocycles. The molecular weight excluding hydrogens is 176 g/mol. The average molecular weight is 198 g/mol. The number of nitrogens with one attached hydrogen (secondary N) is 2. The van der Waals surface area contributed by atoms with E-state index in [-0.39, 0.29) is 5.91 Å². The smallest absolute Gasteiger partial charge is 0.239 e. The van der Waals surface area contributed by atoms with E-state index >= 15 is 0 Å². The van der Waals surface area contributed by atoms with Crippen LogP contribution in [0.3, 0.4) is 0 Å². The van der Waals surface area contributed by atoms with Crippen LogP contribution >= 0.6 is 0 Å². The summed E-state index contributed by atoms with van der Waals surface area (Å²) in [4.78, 5) is 11.8. The van der Waals surface area contributed by atoms with Gasteiger partial charge in [0.25, 0.3) is 0 Å². The molecule has 0 aromatic rings. The quantitative estimate of drug-likeness (QED) is 0.720. The number of carbonyl (C=O) groups excluding carboxylic acids is 1. The first-order valence-corrected chi connectivity index (χ1v) is 5.56. The number of carbonyl (C=O) groups is 1. The maximum absolute atomic E-state index is 11.8. The predicted molar refractivity (Wildman–Crippen MR) is 58.2 cm³/mol. The molecule has 1 rings (SSSR count). The average Bonchev–Trinajstić information content (AvgIpc) is 2.19. The van der Waals surface area contributed by atoms with Gasteiger partial charge in [0.2, 0.25) is 5.91 Å². The van der Waals surface area contributed by atoms with Gasteiger partial charge >= 0.3 is 0 Å². The molecule has 0 aromatic heterocycles. The van der Waals surface area contributed by atoms with Gasteiger partial charge < -0.3 is 10.6 Å². The third-order valence-corrected chi connectivity index (χ3v) is 3.13. The number of likely N-dealkylation sites (N-methyl/N-ethyl adjacent to an activating group) is 1. The number of rotatable bonds is 3. The Morgan fingerprint density at radius 2 is 1.79 bits per heavy atom. The van der Waals surface area contributed by atoms with E-state index < -0.39 is 5.54 Å². The molecule has 0 radical (unpaired) electrons. The van der Waals surface area contributed by atoms with Crippen LogP contribution in [-0.2, 0) is 4.79 Å². The molecule has 0 aromatic carbocycles. The maximum atomic E-state index is 11.8. The Balaban J connectivity index is 2.39. The van der Waals surface area contributed by atoms with Crippen LogP contribution in [0.4, 0.5) is 0 Å². The molecule has 0 unspecified atom stereocenters. The van der Waals surface area contributed by atoms with Gasteiger partial charge in [-0.2, -0.15) is 0 Å². The lowest BCUT2D eigenvalue weighted by molar-refractivity contribution is -0.127. The van der Waals surface area contributed by atoms with Crippen LogP contribution in [0.25, 0.3) is 0 Å². The van der Waals surface area contributed by atoms with Crippen molar-refractivity contribution in [1.82, 2.24) is 10.6 Å². The van der Waals surface area contributed by atoms with Crippen molar-refractivity contribution in [3.05, 3.63) is 0 Å². The fraction of sp³-hybridized carbons (Fsp3) is 0.909. The Morgan fingerprint density at radius 3 is 2.29 bits per heavy atom. The maximum Gasteiger partial charge on any atom is 0.239 e. The van der Waals surface area contributed by atoms with Crippen molar-refractivity contribution in [1.29, 1.82) is 0 Å². The van der Waals surface area contributed by atoms with Gasteiger partial charge in [-0.15, -0.1) is 0 Å². The summed E-state index contributed by atoms with van der Waals surface area (Å²) in [5.41, 5.74) is -0.447. The molecule has 1 fully saturated rings. The molecular formula is C11H22N2O. The van der Waals surface area contributed by atoms with Crippen molar-refractivity contribution in [3.63, 3.8) is 0 Å². The van der Waals surface area contributed by atoms with Crippen LogP contribution < -0.4 is 10.6 Å². The molecule has 82 valence electrons. The molecule has 3 nitrogen and oxygen atoms in total. The first-order chi connectivity index (χ1) is 6.56. The van der Waals surface area contributed by atoms with Gasteiger partial charge in [0.15, 0.2) is 0 Å². The second-order valence-corrected chi connectivity index (χ2v) is 4.68. The van der Waals surface area contributed by atoms with Crippen LogP contribution in [0.1, 0.15) is 46.0 Å². The van der Waals surface area contributed by atoms with Gasteiger partial charge in [-0.3, -0.25) is 4.79 Å². The lowest BCUT2D eigenvalue weighted by Crippen LogP contribution is -2.53. The van der Waals surface area contributed by atoms with Crippen LogP contribution in [-0.4, -0.2) is 24.5 Å². The Kier molecular flexibility index (Phi) is 3.93. The molecule has 0 bridgehead atoms. The van der Waals surface area contributed by atoms with Gasteiger partial charge in [-0.05, 0) is 33.7 Å². The van der Waals surface area contributed by atoms with Crippen LogP contribution in [0.15, 0.2) is 0 Å². The minimum absolute atomic E-state index is 0.118. The fourth-order valence-corrected chi connectivity index (χ4v) is 1.73. The summed E-state index contributed by atoms with van der Waals surface area (Å²) in [7, 11) is 1.82. The van der Waals surface area contributed by atoms with E-state index in [2.05, 4.69) is 10.6 Å². The molecule has 1 saturated carbocycles. The highest BCUT2D eigenvalue weighted by Crippen LogP contribution is 2.18. The van der Waals surface area contributed by atoms with Crippen molar-refractivity contribution in [3.8, 4) is 0 Å². The van der Waals surface area contributed by atoms with Gasteiger partial charge in [0.05, 0.1) is 5.54 Å². The number of hydrogen-bond donors (Lipinski definition) is 2. The van der Waals surface area contributed by atoms with Gasteiger partial charge in [-0.25, -0.2) is 0 Å². The summed E-state index contributed by atoms with van der Waals surface area (Å²) >= 11 is 0. The standard InChI is InChI=1S/C11H22N2O/c1-11(2,12-3)10(14)13-9-7-5-4-6-8-9/h9,12H,4-8H2,1-3H3,(H,13,14). The highest BCUT2D eigenvalue weighted by Gasteiger charge is 2.27. The zero-order valence-electron chi connectivity index (χ0n) is 9.52. The normalized spacial score (nSPS) is 19.4.